The van der Waals surface area contributed by atoms with Crippen molar-refractivity contribution in [3.63, 3.8) is 0 Å². The highest BCUT2D eigenvalue weighted by atomic mass is 31.2. The van der Waals surface area contributed by atoms with E-state index in [2.05, 4.69) is 0 Å². The van der Waals surface area contributed by atoms with Crippen LogP contribution in [0.25, 0.3) is 0 Å². The Kier molecular flexibility index (Phi) is 2.91. The summed E-state index contributed by atoms with van der Waals surface area (Å²) in [6, 6.07) is 3.62. The molecule has 0 aliphatic carbocycles. The van der Waals surface area contributed by atoms with Crippen LogP contribution in [0.2, 0.25) is 0 Å². The molecule has 0 amide bonds. The first kappa shape index (κ1) is 12.7. The molecule has 2 aliphatic heterocycles. The summed E-state index contributed by atoms with van der Waals surface area (Å²) in [6.07, 6.45) is 0.698. The number of rotatable bonds is 1. The van der Waals surface area contributed by atoms with Crippen LogP contribution in [0.4, 0.5) is 0 Å². The van der Waals surface area contributed by atoms with Crippen LogP contribution >= 0.6 is 7.29 Å². The maximum Gasteiger partial charge on any atom is 0.231 e. The van der Waals surface area contributed by atoms with Gasteiger partial charge < -0.3 is 14.0 Å². The van der Waals surface area contributed by atoms with Gasteiger partial charge in [-0.3, -0.25) is 4.79 Å². The molecular weight excluding hydrogens is 265 g/mol. The molecule has 6 heteroatoms. The van der Waals surface area contributed by atoms with Crippen molar-refractivity contribution in [1.82, 2.24) is 4.67 Å². The fourth-order valence-corrected chi connectivity index (χ4v) is 3.49. The molecule has 2 heterocycles. The summed E-state index contributed by atoms with van der Waals surface area (Å²) in [5.41, 5.74) is 1.62. The average molecular weight is 281 g/mol. The van der Waals surface area contributed by atoms with Crippen molar-refractivity contribution < 1.29 is 18.8 Å². The Morgan fingerprint density at radius 3 is 2.58 bits per heavy atom. The molecule has 102 valence electrons. The molecule has 3 rings (SSSR count). The topological polar surface area (TPSA) is 55.8 Å². The summed E-state index contributed by atoms with van der Waals surface area (Å²) in [6.45, 7) is 4.43. The first-order chi connectivity index (χ1) is 8.95. The van der Waals surface area contributed by atoms with E-state index in [0.717, 1.165) is 5.56 Å². The zero-order valence-corrected chi connectivity index (χ0v) is 11.9. The number of ketones is 1. The van der Waals surface area contributed by atoms with E-state index in [1.54, 1.807) is 24.1 Å². The van der Waals surface area contributed by atoms with Crippen molar-refractivity contribution in [2.24, 2.45) is 0 Å². The smallest absolute Gasteiger partial charge is 0.231 e. The molecule has 0 aromatic heterocycles. The van der Waals surface area contributed by atoms with Gasteiger partial charge in [0.2, 0.25) is 6.79 Å². The third-order valence-corrected chi connectivity index (χ3v) is 5.25. The first-order valence-electron chi connectivity index (χ1n) is 6.21. The van der Waals surface area contributed by atoms with Gasteiger partial charge in [-0.05, 0) is 24.1 Å². The van der Waals surface area contributed by atoms with Gasteiger partial charge in [0.05, 0.1) is 6.54 Å². The number of fused-ring (bicyclic) bond motifs is 2. The number of carbonyl (C=O) groups excluding carboxylic acids is 1. The summed E-state index contributed by atoms with van der Waals surface area (Å²) in [4.78, 5) is 12.3. The number of ether oxygens (including phenoxy) is 2. The van der Waals surface area contributed by atoms with Gasteiger partial charge in [0.25, 0.3) is 0 Å². The number of nitrogens with zero attached hydrogens (tertiary/aromatic N) is 1. The summed E-state index contributed by atoms with van der Waals surface area (Å²) >= 11 is 0. The lowest BCUT2D eigenvalue weighted by Gasteiger charge is -2.23. The van der Waals surface area contributed by atoms with Crippen LogP contribution in [-0.4, -0.2) is 43.7 Å². The third-order valence-electron chi connectivity index (χ3n) is 3.55. The van der Waals surface area contributed by atoms with Crippen LogP contribution in [0.15, 0.2) is 12.1 Å². The lowest BCUT2D eigenvalue weighted by Crippen LogP contribution is -2.25. The van der Waals surface area contributed by atoms with Gasteiger partial charge >= 0.3 is 0 Å². The predicted molar refractivity (Wildman–Crippen MR) is 71.6 cm³/mol. The second-order valence-electron chi connectivity index (χ2n) is 5.22. The van der Waals surface area contributed by atoms with Gasteiger partial charge in [-0.25, -0.2) is 4.67 Å². The van der Waals surface area contributed by atoms with Crippen LogP contribution in [0, 0.1) is 0 Å². The lowest BCUT2D eigenvalue weighted by molar-refractivity contribution is 0.0971. The normalized spacial score (nSPS) is 19.2. The summed E-state index contributed by atoms with van der Waals surface area (Å²) in [7, 11) is -2.40. The maximum atomic E-state index is 12.3. The SMILES string of the molecule is CP(C)(=O)N1CCc2cc3c(cc2C(=O)C1)OCO3. The molecular formula is C13H16NO4P. The summed E-state index contributed by atoms with van der Waals surface area (Å²) < 4.78 is 24.6. The van der Waals surface area contributed by atoms with Gasteiger partial charge in [-0.2, -0.15) is 0 Å². The molecule has 0 atom stereocenters. The zero-order valence-electron chi connectivity index (χ0n) is 11.0. The van der Waals surface area contributed by atoms with Crippen LogP contribution < -0.4 is 9.47 Å². The van der Waals surface area contributed by atoms with E-state index in [1.165, 1.54) is 0 Å². The molecule has 0 saturated carbocycles. The number of Topliss-reactive ketones (excluding diaryl/α,β-unsaturated/α-hetero) is 1. The van der Waals surface area contributed by atoms with Crippen molar-refractivity contribution in [2.75, 3.05) is 33.2 Å². The first-order valence-corrected chi connectivity index (χ1v) is 8.76. The molecule has 2 aliphatic rings. The number of hydrogen-bond acceptors (Lipinski definition) is 4. The van der Waals surface area contributed by atoms with E-state index < -0.39 is 7.29 Å². The van der Waals surface area contributed by atoms with E-state index in [4.69, 9.17) is 9.47 Å². The van der Waals surface area contributed by atoms with Gasteiger partial charge in [0, 0.05) is 25.4 Å². The molecule has 19 heavy (non-hydrogen) atoms. The highest BCUT2D eigenvalue weighted by molar-refractivity contribution is 7.59. The average Bonchev–Trinajstić information content (AvgIpc) is 2.71. The van der Waals surface area contributed by atoms with Gasteiger partial charge in [-0.1, -0.05) is 0 Å². The minimum atomic E-state index is -2.40. The van der Waals surface area contributed by atoms with Crippen molar-refractivity contribution in [3.8, 4) is 11.5 Å². The molecule has 0 bridgehead atoms. The zero-order chi connectivity index (χ0) is 13.6. The molecule has 0 N–H and O–H groups in total. The fraction of sp³-hybridized carbons (Fsp3) is 0.462. The summed E-state index contributed by atoms with van der Waals surface area (Å²) in [5, 5.41) is 0. The van der Waals surface area contributed by atoms with E-state index >= 15 is 0 Å². The Bertz CT molecular complexity index is 593. The van der Waals surface area contributed by atoms with Gasteiger partial charge in [0.1, 0.15) is 7.29 Å². The number of carbonyl (C=O) groups is 1. The van der Waals surface area contributed by atoms with Gasteiger partial charge in [0.15, 0.2) is 17.3 Å². The predicted octanol–water partition coefficient (Wildman–Crippen LogP) is 1.99. The highest BCUT2D eigenvalue weighted by Gasteiger charge is 2.29. The minimum absolute atomic E-state index is 0.00488. The molecule has 0 unspecified atom stereocenters. The largest absolute Gasteiger partial charge is 0.454 e. The van der Waals surface area contributed by atoms with E-state index in [0.29, 0.717) is 30.0 Å². The van der Waals surface area contributed by atoms with Crippen LogP contribution in [0.5, 0.6) is 11.5 Å². The lowest BCUT2D eigenvalue weighted by atomic mass is 10.0. The van der Waals surface area contributed by atoms with Crippen LogP contribution in [0.3, 0.4) is 0 Å². The molecule has 1 aromatic carbocycles. The second kappa shape index (κ2) is 4.36. The van der Waals surface area contributed by atoms with E-state index in [9.17, 15) is 9.36 Å². The molecule has 1 aromatic rings. The Morgan fingerprint density at radius 2 is 1.89 bits per heavy atom. The van der Waals surface area contributed by atoms with Crippen LogP contribution in [-0.2, 0) is 11.0 Å². The fourth-order valence-electron chi connectivity index (χ4n) is 2.44. The van der Waals surface area contributed by atoms with Crippen molar-refractivity contribution in [1.29, 1.82) is 0 Å². The summed E-state index contributed by atoms with van der Waals surface area (Å²) in [5.74, 6) is 1.31. The van der Waals surface area contributed by atoms with Crippen molar-refractivity contribution >= 4 is 13.1 Å². The van der Waals surface area contributed by atoms with Gasteiger partial charge in [-0.15, -0.1) is 0 Å². The molecule has 0 spiro atoms. The Labute approximate surface area is 111 Å². The molecule has 5 nitrogen and oxygen atoms in total. The number of hydrogen-bond donors (Lipinski definition) is 0. The van der Waals surface area contributed by atoms with Crippen molar-refractivity contribution in [2.45, 2.75) is 6.42 Å². The van der Waals surface area contributed by atoms with Crippen LogP contribution in [0.1, 0.15) is 15.9 Å². The highest BCUT2D eigenvalue weighted by Crippen LogP contribution is 2.43. The van der Waals surface area contributed by atoms with E-state index in [-0.39, 0.29) is 19.1 Å². The monoisotopic (exact) mass is 281 g/mol. The van der Waals surface area contributed by atoms with Crippen molar-refractivity contribution in [3.05, 3.63) is 23.3 Å². The Balaban J connectivity index is 1.98. The minimum Gasteiger partial charge on any atom is -0.454 e. The Morgan fingerprint density at radius 1 is 1.21 bits per heavy atom. The quantitative estimate of drug-likeness (QED) is 0.737. The third kappa shape index (κ3) is 2.28. The van der Waals surface area contributed by atoms with E-state index in [1.807, 2.05) is 6.07 Å². The maximum absolute atomic E-state index is 12.3. The molecule has 0 radical (unpaired) electrons. The number of benzene rings is 1. The second-order valence-corrected chi connectivity index (χ2v) is 8.37. The molecule has 0 saturated heterocycles. The standard InChI is InChI=1S/C13H16NO4P/c1-19(2,16)14-4-3-9-5-12-13(18-8-17-12)6-10(9)11(15)7-14/h5-6H,3-4,7-8H2,1-2H3. The Hall–Kier alpha value is -1.32. The molecule has 0 fully saturated rings.